The van der Waals surface area contributed by atoms with Crippen molar-refractivity contribution in [1.82, 2.24) is 0 Å². The minimum Gasteiger partial charge on any atom is -0.479 e. The number of amides is 1. The van der Waals surface area contributed by atoms with Crippen molar-refractivity contribution in [3.63, 3.8) is 0 Å². The molecule has 5 heteroatoms. The molecule has 2 N–H and O–H groups in total. The van der Waals surface area contributed by atoms with Crippen molar-refractivity contribution >= 4 is 23.3 Å². The van der Waals surface area contributed by atoms with Crippen molar-refractivity contribution in [1.29, 1.82) is 0 Å². The molecule has 1 unspecified atom stereocenters. The lowest BCUT2D eigenvalue weighted by atomic mass is 10.0. The van der Waals surface area contributed by atoms with Crippen molar-refractivity contribution in [2.45, 2.75) is 6.04 Å². The fourth-order valence-corrected chi connectivity index (χ4v) is 2.58. The molecule has 1 amide bonds. The number of para-hydroxylation sites is 2. The number of anilines is 2. The van der Waals surface area contributed by atoms with E-state index in [1.807, 2.05) is 18.2 Å². The van der Waals surface area contributed by atoms with E-state index in [0.717, 1.165) is 0 Å². The number of rotatable bonds is 3. The van der Waals surface area contributed by atoms with Crippen LogP contribution in [-0.4, -0.2) is 23.5 Å². The third-order valence-electron chi connectivity index (χ3n) is 3.46. The Labute approximate surface area is 121 Å². The number of carbonyl (C=O) groups is 2. The van der Waals surface area contributed by atoms with Crippen LogP contribution in [0, 0.1) is 0 Å². The summed E-state index contributed by atoms with van der Waals surface area (Å²) in [4.78, 5) is 25.2. The van der Waals surface area contributed by atoms with Gasteiger partial charge in [-0.1, -0.05) is 42.5 Å². The first-order valence-corrected chi connectivity index (χ1v) is 6.60. The molecule has 3 rings (SSSR count). The van der Waals surface area contributed by atoms with Crippen LogP contribution in [-0.2, 0) is 9.59 Å². The highest BCUT2D eigenvalue weighted by atomic mass is 16.4. The number of hydrogen-bond donors (Lipinski definition) is 2. The highest BCUT2D eigenvalue weighted by molar-refractivity contribution is 6.02. The largest absolute Gasteiger partial charge is 0.479 e. The maximum absolute atomic E-state index is 11.8. The molecule has 0 aliphatic carbocycles. The van der Waals surface area contributed by atoms with Gasteiger partial charge in [0.2, 0.25) is 5.91 Å². The monoisotopic (exact) mass is 282 g/mol. The Morgan fingerprint density at radius 3 is 2.48 bits per heavy atom. The van der Waals surface area contributed by atoms with Crippen molar-refractivity contribution < 1.29 is 14.7 Å². The first kappa shape index (κ1) is 13.2. The first-order chi connectivity index (χ1) is 10.2. The molecule has 0 saturated heterocycles. The molecule has 0 radical (unpaired) electrons. The van der Waals surface area contributed by atoms with E-state index in [1.54, 1.807) is 41.3 Å². The molecule has 0 bridgehead atoms. The Morgan fingerprint density at radius 2 is 1.76 bits per heavy atom. The van der Waals surface area contributed by atoms with Gasteiger partial charge in [0.1, 0.15) is 0 Å². The second-order valence-corrected chi connectivity index (χ2v) is 4.84. The number of benzene rings is 2. The lowest BCUT2D eigenvalue weighted by Gasteiger charge is -2.35. The summed E-state index contributed by atoms with van der Waals surface area (Å²) in [6.45, 7) is 0.0167. The maximum Gasteiger partial charge on any atom is 0.331 e. The fourth-order valence-electron chi connectivity index (χ4n) is 2.58. The minimum absolute atomic E-state index is 0.0167. The molecule has 0 saturated carbocycles. The van der Waals surface area contributed by atoms with Crippen LogP contribution in [0.3, 0.4) is 0 Å². The Bertz CT molecular complexity index is 685. The molecule has 1 atom stereocenters. The summed E-state index contributed by atoms with van der Waals surface area (Å²) in [5.41, 5.74) is 2.00. The molecule has 2 aromatic carbocycles. The number of aliphatic carboxylic acids is 1. The van der Waals surface area contributed by atoms with E-state index in [0.29, 0.717) is 16.9 Å². The molecule has 1 aliphatic rings. The van der Waals surface area contributed by atoms with Crippen LogP contribution in [0.15, 0.2) is 54.6 Å². The minimum atomic E-state index is -0.981. The average Bonchev–Trinajstić information content (AvgIpc) is 2.48. The summed E-state index contributed by atoms with van der Waals surface area (Å²) >= 11 is 0. The average molecular weight is 282 g/mol. The van der Waals surface area contributed by atoms with Crippen LogP contribution >= 0.6 is 0 Å². The number of fused-ring (bicyclic) bond motifs is 1. The van der Waals surface area contributed by atoms with Gasteiger partial charge in [-0.25, -0.2) is 4.79 Å². The lowest BCUT2D eigenvalue weighted by Crippen LogP contribution is -2.43. The van der Waals surface area contributed by atoms with E-state index in [9.17, 15) is 14.7 Å². The molecule has 0 fully saturated rings. The van der Waals surface area contributed by atoms with Crippen LogP contribution in [0.2, 0.25) is 0 Å². The smallest absolute Gasteiger partial charge is 0.331 e. The van der Waals surface area contributed by atoms with Crippen LogP contribution in [0.4, 0.5) is 11.4 Å². The summed E-state index contributed by atoms with van der Waals surface area (Å²) < 4.78 is 0. The standard InChI is InChI=1S/C16H14N2O3/c19-14-10-18(13-9-5-4-8-12(13)17-14)15(16(20)21)11-6-2-1-3-7-11/h1-9,15H,10H2,(H,17,19)(H,20,21). The van der Waals surface area contributed by atoms with Crippen LogP contribution < -0.4 is 10.2 Å². The van der Waals surface area contributed by atoms with Gasteiger partial charge in [0, 0.05) is 0 Å². The second-order valence-electron chi connectivity index (χ2n) is 4.84. The molecule has 2 aromatic rings. The van der Waals surface area contributed by atoms with E-state index in [2.05, 4.69) is 5.32 Å². The lowest BCUT2D eigenvalue weighted by molar-refractivity contribution is -0.138. The summed E-state index contributed by atoms with van der Waals surface area (Å²) in [7, 11) is 0. The molecule has 21 heavy (non-hydrogen) atoms. The summed E-state index contributed by atoms with van der Waals surface area (Å²) in [6, 6.07) is 15.3. The van der Waals surface area contributed by atoms with Crippen molar-refractivity contribution in [3.05, 3.63) is 60.2 Å². The van der Waals surface area contributed by atoms with Crippen LogP contribution in [0.1, 0.15) is 11.6 Å². The number of nitrogens with zero attached hydrogens (tertiary/aromatic N) is 1. The van der Waals surface area contributed by atoms with Gasteiger partial charge >= 0.3 is 5.97 Å². The molecule has 5 nitrogen and oxygen atoms in total. The molecule has 1 aliphatic heterocycles. The SMILES string of the molecule is O=C1CN(C(C(=O)O)c2ccccc2)c2ccccc2N1. The van der Waals surface area contributed by atoms with Crippen molar-refractivity contribution in [2.24, 2.45) is 0 Å². The number of nitrogens with one attached hydrogen (secondary N) is 1. The molecule has 1 heterocycles. The van der Waals surface area contributed by atoms with Gasteiger partial charge in [-0.2, -0.15) is 0 Å². The van der Waals surface area contributed by atoms with Gasteiger partial charge in [-0.3, -0.25) is 4.79 Å². The van der Waals surface area contributed by atoms with E-state index in [-0.39, 0.29) is 12.5 Å². The van der Waals surface area contributed by atoms with E-state index in [1.165, 1.54) is 0 Å². The van der Waals surface area contributed by atoms with Crippen LogP contribution in [0.25, 0.3) is 0 Å². The summed E-state index contributed by atoms with van der Waals surface area (Å²) in [5, 5.41) is 12.4. The first-order valence-electron chi connectivity index (χ1n) is 6.60. The Balaban J connectivity index is 2.08. The highest BCUT2D eigenvalue weighted by Gasteiger charge is 2.33. The number of carbonyl (C=O) groups excluding carboxylic acids is 1. The van der Waals surface area contributed by atoms with E-state index >= 15 is 0 Å². The van der Waals surface area contributed by atoms with E-state index < -0.39 is 12.0 Å². The summed E-state index contributed by atoms with van der Waals surface area (Å²) in [5.74, 6) is -1.19. The second kappa shape index (κ2) is 5.28. The molecule has 0 spiro atoms. The fraction of sp³-hybridized carbons (Fsp3) is 0.125. The van der Waals surface area contributed by atoms with Gasteiger partial charge in [-0.05, 0) is 17.7 Å². The zero-order valence-corrected chi connectivity index (χ0v) is 11.2. The van der Waals surface area contributed by atoms with Gasteiger partial charge < -0.3 is 15.3 Å². The Hall–Kier alpha value is -2.82. The van der Waals surface area contributed by atoms with Crippen molar-refractivity contribution in [2.75, 3.05) is 16.8 Å². The maximum atomic E-state index is 11.8. The third-order valence-corrected chi connectivity index (χ3v) is 3.46. The highest BCUT2D eigenvalue weighted by Crippen LogP contribution is 2.35. The van der Waals surface area contributed by atoms with Crippen molar-refractivity contribution in [3.8, 4) is 0 Å². The molecular weight excluding hydrogens is 268 g/mol. The van der Waals surface area contributed by atoms with E-state index in [4.69, 9.17) is 0 Å². The van der Waals surface area contributed by atoms with Crippen LogP contribution in [0.5, 0.6) is 0 Å². The molecule has 106 valence electrons. The normalized spacial score (nSPS) is 15.0. The quantitative estimate of drug-likeness (QED) is 0.906. The number of carboxylic acids is 1. The van der Waals surface area contributed by atoms with Gasteiger partial charge in [0.25, 0.3) is 0 Å². The van der Waals surface area contributed by atoms with Gasteiger partial charge in [-0.15, -0.1) is 0 Å². The Morgan fingerprint density at radius 1 is 1.10 bits per heavy atom. The van der Waals surface area contributed by atoms with Gasteiger partial charge in [0.15, 0.2) is 6.04 Å². The Kier molecular flexibility index (Phi) is 3.31. The zero-order chi connectivity index (χ0) is 14.8. The zero-order valence-electron chi connectivity index (χ0n) is 11.2. The molecule has 0 aromatic heterocycles. The predicted octanol–water partition coefficient (Wildman–Crippen LogP) is 2.27. The third kappa shape index (κ3) is 2.45. The predicted molar refractivity (Wildman–Crippen MR) is 79.2 cm³/mol. The molecular formula is C16H14N2O3. The van der Waals surface area contributed by atoms with Gasteiger partial charge in [0.05, 0.1) is 17.9 Å². The topological polar surface area (TPSA) is 69.6 Å². The number of hydrogen-bond acceptors (Lipinski definition) is 3. The number of carboxylic acid groups (broad SMARTS) is 1. The summed E-state index contributed by atoms with van der Waals surface area (Å²) in [6.07, 6.45) is 0.